The van der Waals surface area contributed by atoms with E-state index >= 15 is 0 Å². The highest BCUT2D eigenvalue weighted by Gasteiger charge is 2.51. The molecule has 2 unspecified atom stereocenters. The van der Waals surface area contributed by atoms with Gasteiger partial charge in [-0.25, -0.2) is 0 Å². The number of methoxy groups -OCH3 is 1. The number of rotatable bonds is 7. The van der Waals surface area contributed by atoms with Crippen LogP contribution in [0.5, 0.6) is 0 Å². The maximum Gasteiger partial charge on any atom is 0.417 e. The molecule has 2 saturated heterocycles. The zero-order chi connectivity index (χ0) is 23.5. The number of nitriles is 1. The van der Waals surface area contributed by atoms with E-state index in [0.29, 0.717) is 51.7 Å². The quantitative estimate of drug-likeness (QED) is 0.591. The summed E-state index contributed by atoms with van der Waals surface area (Å²) < 4.78 is 51.4. The van der Waals surface area contributed by atoms with Gasteiger partial charge in [0.2, 0.25) is 5.91 Å². The molecule has 2 aliphatic heterocycles. The number of alkyl halides is 3. The Kier molecular flexibility index (Phi) is 7.36. The molecule has 1 amide bonds. The van der Waals surface area contributed by atoms with Crippen molar-refractivity contribution in [2.75, 3.05) is 58.0 Å². The number of anilines is 1. The minimum atomic E-state index is -4.60. The number of piperidine rings is 1. The molecule has 2 fully saturated rings. The van der Waals surface area contributed by atoms with Crippen LogP contribution >= 0.6 is 0 Å². The molecule has 3 rings (SSSR count). The fourth-order valence-electron chi connectivity index (χ4n) is 4.82. The smallest absolute Gasteiger partial charge is 0.382 e. The number of hydrogen-bond acceptors (Lipinski definition) is 5. The molecular formula is C23H30F3N3O3. The van der Waals surface area contributed by atoms with Gasteiger partial charge in [0, 0.05) is 50.3 Å². The molecule has 6 nitrogen and oxygen atoms in total. The Morgan fingerprint density at radius 1 is 1.31 bits per heavy atom. The van der Waals surface area contributed by atoms with Crippen LogP contribution < -0.4 is 4.90 Å². The predicted molar refractivity (Wildman–Crippen MR) is 113 cm³/mol. The number of likely N-dealkylation sites (tertiary alicyclic amines) is 1. The second-order valence-electron chi connectivity index (χ2n) is 9.03. The van der Waals surface area contributed by atoms with Gasteiger partial charge < -0.3 is 19.3 Å². The molecule has 1 aromatic carbocycles. The highest BCUT2D eigenvalue weighted by atomic mass is 19.4. The summed E-state index contributed by atoms with van der Waals surface area (Å²) in [6.45, 7) is 7.22. The number of nitrogens with zero attached hydrogens (tertiary/aromatic N) is 3. The van der Waals surface area contributed by atoms with Gasteiger partial charge in [-0.1, -0.05) is 13.8 Å². The second kappa shape index (κ2) is 9.67. The summed E-state index contributed by atoms with van der Waals surface area (Å²) in [5.74, 6) is 0.144. The minimum absolute atomic E-state index is 0.0795. The number of carbonyl (C=O) groups excluding carboxylic acids is 1. The SMILES string of the molecule is COCCOCC12CN(C(=O)C(C)C)CCC1CN(c1ccc(C#N)c(C(F)(F)F)c1)C2. The first kappa shape index (κ1) is 24.3. The lowest BCUT2D eigenvalue weighted by Crippen LogP contribution is -2.54. The molecule has 32 heavy (non-hydrogen) atoms. The maximum absolute atomic E-state index is 13.5. The van der Waals surface area contributed by atoms with E-state index < -0.39 is 11.7 Å². The summed E-state index contributed by atoms with van der Waals surface area (Å²) in [5, 5.41) is 9.09. The van der Waals surface area contributed by atoms with Crippen LogP contribution in [0.1, 0.15) is 31.4 Å². The molecule has 0 radical (unpaired) electrons. The van der Waals surface area contributed by atoms with Gasteiger partial charge in [-0.05, 0) is 30.5 Å². The summed E-state index contributed by atoms with van der Waals surface area (Å²) in [7, 11) is 1.59. The van der Waals surface area contributed by atoms with Gasteiger partial charge in [-0.15, -0.1) is 0 Å². The summed E-state index contributed by atoms with van der Waals surface area (Å²) in [6, 6.07) is 5.50. The molecule has 0 saturated carbocycles. The third kappa shape index (κ3) is 5.02. The Morgan fingerprint density at radius 3 is 2.69 bits per heavy atom. The van der Waals surface area contributed by atoms with Crippen LogP contribution in [0.15, 0.2) is 18.2 Å². The van der Waals surface area contributed by atoms with Crippen molar-refractivity contribution >= 4 is 11.6 Å². The third-order valence-corrected chi connectivity index (χ3v) is 6.49. The number of carbonyl (C=O) groups is 1. The second-order valence-corrected chi connectivity index (χ2v) is 9.03. The van der Waals surface area contributed by atoms with Crippen LogP contribution in [0.2, 0.25) is 0 Å². The van der Waals surface area contributed by atoms with Gasteiger partial charge >= 0.3 is 6.18 Å². The first-order chi connectivity index (χ1) is 15.1. The number of halogens is 3. The van der Waals surface area contributed by atoms with Crippen molar-refractivity contribution in [1.82, 2.24) is 4.90 Å². The van der Waals surface area contributed by atoms with E-state index in [1.54, 1.807) is 19.2 Å². The monoisotopic (exact) mass is 453 g/mol. The van der Waals surface area contributed by atoms with Gasteiger partial charge in [-0.3, -0.25) is 4.79 Å². The molecule has 0 aliphatic carbocycles. The van der Waals surface area contributed by atoms with Crippen molar-refractivity contribution in [3.8, 4) is 6.07 Å². The highest BCUT2D eigenvalue weighted by Crippen LogP contribution is 2.45. The molecule has 0 bridgehead atoms. The number of benzene rings is 1. The summed E-state index contributed by atoms with van der Waals surface area (Å²) >= 11 is 0. The molecular weight excluding hydrogens is 423 g/mol. The molecule has 2 aliphatic rings. The first-order valence-corrected chi connectivity index (χ1v) is 10.8. The van der Waals surface area contributed by atoms with Crippen LogP contribution in [-0.2, 0) is 20.4 Å². The lowest BCUT2D eigenvalue weighted by Gasteiger charge is -2.44. The molecule has 0 N–H and O–H groups in total. The zero-order valence-electron chi connectivity index (χ0n) is 18.7. The van der Waals surface area contributed by atoms with Gasteiger partial charge in [0.1, 0.15) is 0 Å². The normalized spacial score (nSPS) is 23.4. The molecule has 2 atom stereocenters. The third-order valence-electron chi connectivity index (χ3n) is 6.49. The van der Waals surface area contributed by atoms with Crippen LogP contribution in [0.3, 0.4) is 0 Å². The van der Waals surface area contributed by atoms with Crippen molar-refractivity contribution in [2.45, 2.75) is 26.4 Å². The Balaban J connectivity index is 1.88. The molecule has 176 valence electrons. The molecule has 0 spiro atoms. The van der Waals surface area contributed by atoms with E-state index in [9.17, 15) is 18.0 Å². The van der Waals surface area contributed by atoms with Gasteiger partial charge in [0.05, 0.1) is 37.0 Å². The summed E-state index contributed by atoms with van der Waals surface area (Å²) in [5.41, 5.74) is -1.25. The number of ether oxygens (including phenoxy) is 2. The average molecular weight is 454 g/mol. The van der Waals surface area contributed by atoms with E-state index in [1.807, 2.05) is 23.6 Å². The molecule has 2 heterocycles. The van der Waals surface area contributed by atoms with Crippen LogP contribution in [0.25, 0.3) is 0 Å². The van der Waals surface area contributed by atoms with Crippen molar-refractivity contribution < 1.29 is 27.4 Å². The largest absolute Gasteiger partial charge is 0.417 e. The van der Waals surface area contributed by atoms with E-state index in [1.165, 1.54) is 6.07 Å². The van der Waals surface area contributed by atoms with Gasteiger partial charge in [0.25, 0.3) is 0 Å². The zero-order valence-corrected chi connectivity index (χ0v) is 18.7. The van der Waals surface area contributed by atoms with E-state index in [2.05, 4.69) is 0 Å². The lowest BCUT2D eigenvalue weighted by molar-refractivity contribution is -0.140. The molecule has 9 heteroatoms. The van der Waals surface area contributed by atoms with Crippen molar-refractivity contribution in [3.05, 3.63) is 29.3 Å². The fraction of sp³-hybridized carbons (Fsp3) is 0.652. The fourth-order valence-corrected chi connectivity index (χ4v) is 4.82. The Hall–Kier alpha value is -2.31. The molecule has 1 aromatic rings. The van der Waals surface area contributed by atoms with E-state index in [4.69, 9.17) is 14.7 Å². The maximum atomic E-state index is 13.5. The average Bonchev–Trinajstić information content (AvgIpc) is 3.14. The van der Waals surface area contributed by atoms with Crippen molar-refractivity contribution in [1.29, 1.82) is 5.26 Å². The van der Waals surface area contributed by atoms with Gasteiger partial charge in [0.15, 0.2) is 0 Å². The highest BCUT2D eigenvalue weighted by molar-refractivity contribution is 5.78. The summed E-state index contributed by atoms with van der Waals surface area (Å²) in [6.07, 6.45) is -3.83. The Labute approximate surface area is 186 Å². The van der Waals surface area contributed by atoms with Crippen molar-refractivity contribution in [3.63, 3.8) is 0 Å². The van der Waals surface area contributed by atoms with Gasteiger partial charge in [-0.2, -0.15) is 18.4 Å². The van der Waals surface area contributed by atoms with Crippen LogP contribution in [0, 0.1) is 28.6 Å². The molecule has 0 aromatic heterocycles. The van der Waals surface area contributed by atoms with E-state index in [0.717, 1.165) is 12.5 Å². The lowest BCUT2D eigenvalue weighted by atomic mass is 9.73. The minimum Gasteiger partial charge on any atom is -0.382 e. The number of fused-ring (bicyclic) bond motifs is 1. The number of hydrogen-bond donors (Lipinski definition) is 0. The van der Waals surface area contributed by atoms with Crippen molar-refractivity contribution in [2.24, 2.45) is 17.3 Å². The van der Waals surface area contributed by atoms with E-state index in [-0.39, 0.29) is 28.7 Å². The standard InChI is InChI=1S/C23H30F3N3O3/c1-16(2)21(30)28-7-6-18-12-29(14-22(18,13-28)15-32-9-8-31-3)19-5-4-17(11-27)20(10-19)23(24,25)26/h4-5,10,16,18H,6-9,12-15H2,1-3H3. The Morgan fingerprint density at radius 2 is 2.06 bits per heavy atom. The Bertz CT molecular complexity index is 868. The topological polar surface area (TPSA) is 65.8 Å². The number of amides is 1. The van der Waals surface area contributed by atoms with Crippen LogP contribution in [-0.4, -0.2) is 63.9 Å². The summed E-state index contributed by atoms with van der Waals surface area (Å²) in [4.78, 5) is 16.5. The first-order valence-electron chi connectivity index (χ1n) is 10.8. The predicted octanol–water partition coefficient (Wildman–Crippen LogP) is 3.55. The van der Waals surface area contributed by atoms with Crippen LogP contribution in [0.4, 0.5) is 18.9 Å².